The van der Waals surface area contributed by atoms with Crippen LogP contribution in [0.5, 0.6) is 0 Å². The highest BCUT2D eigenvalue weighted by Gasteiger charge is 2.22. The summed E-state index contributed by atoms with van der Waals surface area (Å²) in [6.07, 6.45) is 1.14. The molecule has 0 saturated carbocycles. The third-order valence-electron chi connectivity index (χ3n) is 3.73. The zero-order chi connectivity index (χ0) is 11.9. The molecule has 3 heterocycles. The van der Waals surface area contributed by atoms with Crippen LogP contribution in [-0.4, -0.2) is 27.7 Å². The van der Waals surface area contributed by atoms with Crippen LogP contribution in [0, 0.1) is 0 Å². The van der Waals surface area contributed by atoms with E-state index >= 15 is 0 Å². The van der Waals surface area contributed by atoms with Gasteiger partial charge in [-0.1, -0.05) is 18.2 Å². The van der Waals surface area contributed by atoms with Crippen LogP contribution in [0.1, 0.15) is 18.2 Å². The Balaban J connectivity index is 2.05. The third-order valence-corrected chi connectivity index (χ3v) is 3.73. The molecule has 1 unspecified atom stereocenters. The van der Waals surface area contributed by atoms with Gasteiger partial charge >= 0.3 is 0 Å². The molecule has 4 nitrogen and oxygen atoms in total. The van der Waals surface area contributed by atoms with Crippen LogP contribution in [0.4, 0.5) is 0 Å². The van der Waals surface area contributed by atoms with Gasteiger partial charge in [-0.3, -0.25) is 4.40 Å². The fourth-order valence-corrected chi connectivity index (χ4v) is 2.80. The highest BCUT2D eigenvalue weighted by molar-refractivity contribution is 5.82. The first-order chi connectivity index (χ1) is 8.93. The quantitative estimate of drug-likeness (QED) is 0.704. The van der Waals surface area contributed by atoms with E-state index in [1.54, 1.807) is 0 Å². The van der Waals surface area contributed by atoms with Gasteiger partial charge in [-0.15, -0.1) is 10.2 Å². The van der Waals surface area contributed by atoms with E-state index in [4.69, 9.17) is 0 Å². The Morgan fingerprint density at radius 1 is 1.11 bits per heavy atom. The summed E-state index contributed by atoms with van der Waals surface area (Å²) < 4.78 is 2.20. The van der Waals surface area contributed by atoms with Gasteiger partial charge in [0, 0.05) is 12.5 Å². The van der Waals surface area contributed by atoms with E-state index in [-0.39, 0.29) is 0 Å². The van der Waals surface area contributed by atoms with E-state index in [1.165, 1.54) is 10.9 Å². The maximum Gasteiger partial charge on any atom is 0.161 e. The van der Waals surface area contributed by atoms with E-state index in [2.05, 4.69) is 50.2 Å². The van der Waals surface area contributed by atoms with Crippen molar-refractivity contribution in [1.82, 2.24) is 19.9 Å². The number of pyridine rings is 1. The second-order valence-corrected chi connectivity index (χ2v) is 4.83. The van der Waals surface area contributed by atoms with Crippen LogP contribution in [0.25, 0.3) is 16.6 Å². The second-order valence-electron chi connectivity index (χ2n) is 4.83. The van der Waals surface area contributed by atoms with Crippen LogP contribution in [0.2, 0.25) is 0 Å². The lowest BCUT2D eigenvalue weighted by Crippen LogP contribution is -2.10. The van der Waals surface area contributed by atoms with Gasteiger partial charge in [0.05, 0.1) is 5.52 Å². The molecule has 4 heteroatoms. The molecule has 0 bridgehead atoms. The van der Waals surface area contributed by atoms with Crippen LogP contribution in [0.3, 0.4) is 0 Å². The van der Waals surface area contributed by atoms with Gasteiger partial charge in [0.25, 0.3) is 0 Å². The van der Waals surface area contributed by atoms with Crippen molar-refractivity contribution in [2.45, 2.75) is 12.3 Å². The van der Waals surface area contributed by atoms with E-state index in [9.17, 15) is 0 Å². The molecule has 0 spiro atoms. The molecule has 1 aliphatic rings. The average molecular weight is 238 g/mol. The number of hydrogen-bond donors (Lipinski definition) is 1. The number of nitrogens with zero attached hydrogens (tertiary/aromatic N) is 3. The summed E-state index contributed by atoms with van der Waals surface area (Å²) >= 11 is 0. The number of rotatable bonds is 1. The summed E-state index contributed by atoms with van der Waals surface area (Å²) in [7, 11) is 0. The van der Waals surface area contributed by atoms with E-state index < -0.39 is 0 Å². The Morgan fingerprint density at radius 3 is 2.94 bits per heavy atom. The van der Waals surface area contributed by atoms with Crippen molar-refractivity contribution in [3.8, 4) is 0 Å². The number of aromatic nitrogens is 3. The van der Waals surface area contributed by atoms with Crippen LogP contribution in [0.15, 0.2) is 36.4 Å². The van der Waals surface area contributed by atoms with E-state index in [0.29, 0.717) is 5.92 Å². The summed E-state index contributed by atoms with van der Waals surface area (Å²) in [5, 5.41) is 13.3. The van der Waals surface area contributed by atoms with Crippen LogP contribution in [-0.2, 0) is 0 Å². The fraction of sp³-hybridized carbons (Fsp3) is 0.286. The maximum atomic E-state index is 4.40. The number of nitrogens with one attached hydrogen (secondary N) is 1. The lowest BCUT2D eigenvalue weighted by atomic mass is 10.1. The van der Waals surface area contributed by atoms with Crippen molar-refractivity contribution in [3.63, 3.8) is 0 Å². The number of benzene rings is 1. The summed E-state index contributed by atoms with van der Waals surface area (Å²) in [6, 6.07) is 12.5. The zero-order valence-electron chi connectivity index (χ0n) is 10.0. The van der Waals surface area contributed by atoms with Gasteiger partial charge in [0.2, 0.25) is 0 Å². The van der Waals surface area contributed by atoms with Crippen molar-refractivity contribution in [1.29, 1.82) is 0 Å². The first-order valence-electron chi connectivity index (χ1n) is 6.37. The minimum absolute atomic E-state index is 0.478. The van der Waals surface area contributed by atoms with Crippen molar-refractivity contribution in [2.75, 3.05) is 13.1 Å². The summed E-state index contributed by atoms with van der Waals surface area (Å²) in [5.41, 5.74) is 2.14. The SMILES string of the molecule is c1ccc2c(c1)ccc1nnc(C3CCNC3)n12. The van der Waals surface area contributed by atoms with Crippen LogP contribution >= 0.6 is 0 Å². The maximum absolute atomic E-state index is 4.40. The monoisotopic (exact) mass is 238 g/mol. The Hall–Kier alpha value is -1.94. The molecule has 1 aliphatic heterocycles. The molecular formula is C14H14N4. The fourth-order valence-electron chi connectivity index (χ4n) is 2.80. The van der Waals surface area contributed by atoms with Crippen molar-refractivity contribution < 1.29 is 0 Å². The van der Waals surface area contributed by atoms with Gasteiger partial charge < -0.3 is 5.32 Å². The standard InChI is InChI=1S/C14H14N4/c1-2-4-12-10(3-1)5-6-13-16-17-14(18(12)13)11-7-8-15-9-11/h1-6,11,15H,7-9H2. The van der Waals surface area contributed by atoms with Crippen molar-refractivity contribution >= 4 is 16.6 Å². The zero-order valence-corrected chi connectivity index (χ0v) is 10.0. The Bertz CT molecular complexity index is 710. The topological polar surface area (TPSA) is 42.2 Å². The Labute approximate surface area is 105 Å². The first kappa shape index (κ1) is 10.0. The van der Waals surface area contributed by atoms with Gasteiger partial charge in [0.15, 0.2) is 5.65 Å². The predicted molar refractivity (Wildman–Crippen MR) is 70.7 cm³/mol. The molecule has 1 fully saturated rings. The molecule has 3 aromatic rings. The molecule has 4 rings (SSSR count). The Kier molecular flexibility index (Phi) is 2.11. The molecule has 18 heavy (non-hydrogen) atoms. The number of hydrogen-bond acceptors (Lipinski definition) is 3. The lowest BCUT2D eigenvalue weighted by molar-refractivity contribution is 0.696. The van der Waals surface area contributed by atoms with Gasteiger partial charge in [-0.2, -0.15) is 0 Å². The summed E-state index contributed by atoms with van der Waals surface area (Å²) in [5.74, 6) is 1.57. The van der Waals surface area contributed by atoms with Crippen LogP contribution < -0.4 is 5.32 Å². The molecule has 1 saturated heterocycles. The molecule has 0 amide bonds. The third kappa shape index (κ3) is 1.36. The van der Waals surface area contributed by atoms with Gasteiger partial charge in [-0.05, 0) is 36.6 Å². The molecule has 1 aromatic carbocycles. The second kappa shape index (κ2) is 3.78. The molecule has 90 valence electrons. The normalized spacial score (nSPS) is 19.9. The molecule has 0 aliphatic carbocycles. The highest BCUT2D eigenvalue weighted by atomic mass is 15.3. The van der Waals surface area contributed by atoms with Gasteiger partial charge in [0.1, 0.15) is 5.82 Å². The molecule has 1 N–H and O–H groups in total. The summed E-state index contributed by atoms with van der Waals surface area (Å²) in [6.45, 7) is 2.08. The summed E-state index contributed by atoms with van der Waals surface area (Å²) in [4.78, 5) is 0. The molecule has 2 aromatic heterocycles. The number of fused-ring (bicyclic) bond motifs is 3. The van der Waals surface area contributed by atoms with Gasteiger partial charge in [-0.25, -0.2) is 0 Å². The minimum Gasteiger partial charge on any atom is -0.316 e. The minimum atomic E-state index is 0.478. The van der Waals surface area contributed by atoms with E-state index in [0.717, 1.165) is 31.0 Å². The molecule has 1 atom stereocenters. The number of para-hydroxylation sites is 1. The highest BCUT2D eigenvalue weighted by Crippen LogP contribution is 2.24. The van der Waals surface area contributed by atoms with Crippen molar-refractivity contribution in [2.24, 2.45) is 0 Å². The largest absolute Gasteiger partial charge is 0.316 e. The average Bonchev–Trinajstić information content (AvgIpc) is 3.07. The van der Waals surface area contributed by atoms with Crippen molar-refractivity contribution in [3.05, 3.63) is 42.2 Å². The first-order valence-corrected chi connectivity index (χ1v) is 6.37. The Morgan fingerprint density at radius 2 is 2.06 bits per heavy atom. The molecular weight excluding hydrogens is 224 g/mol. The lowest BCUT2D eigenvalue weighted by Gasteiger charge is -2.08. The van der Waals surface area contributed by atoms with E-state index in [1.807, 2.05) is 6.07 Å². The smallest absolute Gasteiger partial charge is 0.161 e. The predicted octanol–water partition coefficient (Wildman–Crippen LogP) is 1.96. The molecule has 0 radical (unpaired) electrons.